The number of phenolic OH excluding ortho intramolecular Hbond substituents is 1. The second kappa shape index (κ2) is 12.0. The summed E-state index contributed by atoms with van der Waals surface area (Å²) in [5.41, 5.74) is 3.08. The van der Waals surface area contributed by atoms with E-state index in [9.17, 15) is 5.11 Å². The average Bonchev–Trinajstić information content (AvgIpc) is 2.79. The zero-order valence-corrected chi connectivity index (χ0v) is 18.0. The minimum Gasteiger partial charge on any atom is -0.508 e. The first-order valence-corrected chi connectivity index (χ1v) is 11.2. The third-order valence-electron chi connectivity index (χ3n) is 5.49. The normalized spacial score (nSPS) is 11.9. The molecule has 1 N–H and O–H groups in total. The van der Waals surface area contributed by atoms with Crippen LogP contribution in [0.2, 0.25) is 0 Å². The van der Waals surface area contributed by atoms with Crippen molar-refractivity contribution >= 4 is 0 Å². The molecule has 1 atom stereocenters. The minimum absolute atomic E-state index is 0.0358. The van der Waals surface area contributed by atoms with Crippen LogP contribution in [0.1, 0.15) is 68.2 Å². The number of unbranched alkanes of at least 4 members (excludes halogenated alkanes) is 5. The molecule has 3 rings (SSSR count). The highest BCUT2D eigenvalue weighted by molar-refractivity contribution is 5.46. The van der Waals surface area contributed by atoms with Crippen molar-refractivity contribution < 1.29 is 9.84 Å². The van der Waals surface area contributed by atoms with Gasteiger partial charge in [-0.25, -0.2) is 0 Å². The number of nitrogens with zero attached hydrogens (tertiary/aromatic N) is 1. The second-order valence-electron chi connectivity index (χ2n) is 7.83. The molecule has 0 spiro atoms. The van der Waals surface area contributed by atoms with E-state index in [1.807, 2.05) is 54.7 Å². The van der Waals surface area contributed by atoms with Crippen LogP contribution in [-0.2, 0) is 6.42 Å². The van der Waals surface area contributed by atoms with Crippen LogP contribution in [0.3, 0.4) is 0 Å². The van der Waals surface area contributed by atoms with Crippen LogP contribution in [0.5, 0.6) is 11.5 Å². The maximum Gasteiger partial charge on any atom is 0.123 e. The van der Waals surface area contributed by atoms with E-state index in [1.54, 1.807) is 6.07 Å². The lowest BCUT2D eigenvalue weighted by Crippen LogP contribution is -2.07. The number of ether oxygens (including phenoxy) is 1. The summed E-state index contributed by atoms with van der Waals surface area (Å²) in [6, 6.07) is 22.0. The van der Waals surface area contributed by atoms with Crippen molar-refractivity contribution in [2.45, 2.75) is 57.8 Å². The summed E-state index contributed by atoms with van der Waals surface area (Å²) in [5, 5.41) is 10.8. The fraction of sp³-hybridized carbons (Fsp3) is 0.370. The maximum absolute atomic E-state index is 10.8. The Bertz CT molecular complexity index is 865. The van der Waals surface area contributed by atoms with Crippen molar-refractivity contribution in [1.82, 2.24) is 4.98 Å². The van der Waals surface area contributed by atoms with Crippen LogP contribution in [0.25, 0.3) is 0 Å². The molecule has 0 aliphatic heterocycles. The summed E-state index contributed by atoms with van der Waals surface area (Å²) in [5.74, 6) is 1.04. The zero-order chi connectivity index (χ0) is 21.0. The Morgan fingerprint density at radius 1 is 0.867 bits per heavy atom. The first kappa shape index (κ1) is 21.9. The summed E-state index contributed by atoms with van der Waals surface area (Å²) in [6.45, 7) is 2.93. The number of hydrogen-bond acceptors (Lipinski definition) is 3. The van der Waals surface area contributed by atoms with E-state index in [4.69, 9.17) is 4.74 Å². The molecule has 3 heteroatoms. The highest BCUT2D eigenvalue weighted by atomic mass is 16.5. The highest BCUT2D eigenvalue weighted by Crippen LogP contribution is 2.36. The van der Waals surface area contributed by atoms with Gasteiger partial charge in [0.1, 0.15) is 11.5 Å². The molecule has 0 amide bonds. The number of pyridine rings is 1. The molecule has 0 radical (unpaired) electrons. The fourth-order valence-electron chi connectivity index (χ4n) is 3.80. The van der Waals surface area contributed by atoms with Crippen molar-refractivity contribution in [2.24, 2.45) is 0 Å². The first-order chi connectivity index (χ1) is 14.8. The minimum atomic E-state index is 0.0358. The van der Waals surface area contributed by atoms with Crippen LogP contribution in [0.15, 0.2) is 72.9 Å². The van der Waals surface area contributed by atoms with Crippen molar-refractivity contribution in [3.63, 3.8) is 0 Å². The van der Waals surface area contributed by atoms with Gasteiger partial charge >= 0.3 is 0 Å². The monoisotopic (exact) mass is 403 g/mol. The van der Waals surface area contributed by atoms with Gasteiger partial charge in [0.25, 0.3) is 0 Å². The van der Waals surface area contributed by atoms with Gasteiger partial charge in [-0.05, 0) is 30.2 Å². The molecule has 0 saturated carbocycles. The summed E-state index contributed by atoms with van der Waals surface area (Å²) >= 11 is 0. The quantitative estimate of drug-likeness (QED) is 0.334. The van der Waals surface area contributed by atoms with Crippen molar-refractivity contribution in [2.75, 3.05) is 6.61 Å². The molecule has 0 aliphatic carbocycles. The molecular weight excluding hydrogens is 370 g/mol. The third-order valence-corrected chi connectivity index (χ3v) is 5.49. The maximum atomic E-state index is 10.8. The van der Waals surface area contributed by atoms with Crippen molar-refractivity contribution in [3.8, 4) is 11.5 Å². The largest absolute Gasteiger partial charge is 0.508 e. The number of benzene rings is 2. The molecule has 1 unspecified atom stereocenters. The van der Waals surface area contributed by atoms with E-state index >= 15 is 0 Å². The van der Waals surface area contributed by atoms with E-state index in [0.717, 1.165) is 29.8 Å². The Labute approximate surface area is 180 Å². The third kappa shape index (κ3) is 6.62. The van der Waals surface area contributed by atoms with Crippen LogP contribution in [0, 0.1) is 0 Å². The van der Waals surface area contributed by atoms with E-state index < -0.39 is 0 Å². The van der Waals surface area contributed by atoms with Gasteiger partial charge in [-0.3, -0.25) is 4.98 Å². The van der Waals surface area contributed by atoms with Crippen LogP contribution < -0.4 is 4.74 Å². The average molecular weight is 404 g/mol. The van der Waals surface area contributed by atoms with Crippen LogP contribution in [-0.4, -0.2) is 16.7 Å². The van der Waals surface area contributed by atoms with Gasteiger partial charge in [-0.15, -0.1) is 0 Å². The topological polar surface area (TPSA) is 42.4 Å². The lowest BCUT2D eigenvalue weighted by molar-refractivity contribution is 0.302. The van der Waals surface area contributed by atoms with Crippen LogP contribution >= 0.6 is 0 Å². The van der Waals surface area contributed by atoms with E-state index in [1.165, 1.54) is 37.7 Å². The van der Waals surface area contributed by atoms with Gasteiger partial charge < -0.3 is 9.84 Å². The SMILES string of the molecule is CCCCCCCCOc1ccc(C(Cc2ccccn2)c2ccccc2)c(O)c1. The van der Waals surface area contributed by atoms with Gasteiger partial charge in [0.15, 0.2) is 0 Å². The van der Waals surface area contributed by atoms with E-state index in [-0.39, 0.29) is 11.7 Å². The lowest BCUT2D eigenvalue weighted by Gasteiger charge is -2.20. The van der Waals surface area contributed by atoms with E-state index in [0.29, 0.717) is 6.61 Å². The lowest BCUT2D eigenvalue weighted by atomic mass is 9.86. The number of hydrogen-bond donors (Lipinski definition) is 1. The standard InChI is InChI=1S/C27H33NO2/c1-2-3-4-5-6-12-19-30-24-16-17-25(27(29)21-24)26(22-13-8-7-9-14-22)20-23-15-10-11-18-28-23/h7-11,13-18,21,26,29H,2-6,12,19-20H2,1H3. The summed E-state index contributed by atoms with van der Waals surface area (Å²) in [4.78, 5) is 4.49. The Morgan fingerprint density at radius 3 is 2.37 bits per heavy atom. The molecule has 158 valence electrons. The molecule has 2 aromatic carbocycles. The molecule has 30 heavy (non-hydrogen) atoms. The first-order valence-electron chi connectivity index (χ1n) is 11.2. The molecule has 1 aromatic heterocycles. The summed E-state index contributed by atoms with van der Waals surface area (Å²) in [6.07, 6.45) is 9.97. The Morgan fingerprint density at radius 2 is 1.63 bits per heavy atom. The van der Waals surface area contributed by atoms with Gasteiger partial charge in [0, 0.05) is 35.9 Å². The Kier molecular flexibility index (Phi) is 8.77. The second-order valence-corrected chi connectivity index (χ2v) is 7.83. The highest BCUT2D eigenvalue weighted by Gasteiger charge is 2.19. The molecule has 3 aromatic rings. The number of rotatable bonds is 12. The van der Waals surface area contributed by atoms with Crippen LogP contribution in [0.4, 0.5) is 0 Å². The number of phenols is 1. The Hall–Kier alpha value is -2.81. The molecule has 0 fully saturated rings. The number of aromatic nitrogens is 1. The molecule has 0 bridgehead atoms. The molecular formula is C27H33NO2. The van der Waals surface area contributed by atoms with Gasteiger partial charge in [0.2, 0.25) is 0 Å². The molecule has 0 aliphatic rings. The van der Waals surface area contributed by atoms with Crippen molar-refractivity contribution in [3.05, 3.63) is 89.7 Å². The zero-order valence-electron chi connectivity index (χ0n) is 18.0. The predicted molar refractivity (Wildman–Crippen MR) is 123 cm³/mol. The van der Waals surface area contributed by atoms with Gasteiger partial charge in [-0.1, -0.05) is 81.5 Å². The van der Waals surface area contributed by atoms with Gasteiger partial charge in [-0.2, -0.15) is 0 Å². The molecule has 0 saturated heterocycles. The summed E-state index contributed by atoms with van der Waals surface area (Å²) in [7, 11) is 0. The fourth-order valence-corrected chi connectivity index (χ4v) is 3.80. The van der Waals surface area contributed by atoms with Crippen molar-refractivity contribution in [1.29, 1.82) is 0 Å². The number of aromatic hydroxyl groups is 1. The molecule has 1 heterocycles. The smallest absolute Gasteiger partial charge is 0.123 e. The predicted octanol–water partition coefficient (Wildman–Crippen LogP) is 6.90. The van der Waals surface area contributed by atoms with Gasteiger partial charge in [0.05, 0.1) is 6.61 Å². The summed E-state index contributed by atoms with van der Waals surface area (Å²) < 4.78 is 5.88. The van der Waals surface area contributed by atoms with E-state index in [2.05, 4.69) is 24.0 Å². The Balaban J connectivity index is 1.67. The molecule has 3 nitrogen and oxygen atoms in total.